The van der Waals surface area contributed by atoms with Crippen molar-refractivity contribution in [2.45, 2.75) is 56.3 Å². The third kappa shape index (κ3) is 3.54. The van der Waals surface area contributed by atoms with Gasteiger partial charge in [-0.05, 0) is 12.8 Å². The summed E-state index contributed by atoms with van der Waals surface area (Å²) < 4.78 is 30.9. The lowest BCUT2D eigenvalue weighted by molar-refractivity contribution is -0.202. The van der Waals surface area contributed by atoms with Crippen molar-refractivity contribution >= 4 is 0 Å². The summed E-state index contributed by atoms with van der Waals surface area (Å²) >= 11 is 0. The van der Waals surface area contributed by atoms with Crippen LogP contribution >= 0.6 is 0 Å². The van der Waals surface area contributed by atoms with E-state index in [1.165, 1.54) is 6.42 Å². The zero-order valence-electron chi connectivity index (χ0n) is 11.2. The molecule has 1 aliphatic carbocycles. The molecule has 3 atom stereocenters. The highest BCUT2D eigenvalue weighted by Gasteiger charge is 2.46. The topological polar surface area (TPSA) is 47.9 Å². The van der Waals surface area contributed by atoms with Gasteiger partial charge < -0.3 is 19.3 Å². The predicted octanol–water partition coefficient (Wildman–Crippen LogP) is 1.96. The zero-order valence-corrected chi connectivity index (χ0v) is 11.2. The first-order valence-electron chi connectivity index (χ1n) is 7.00. The molecule has 1 saturated carbocycles. The minimum Gasteiger partial charge on any atom is -0.393 e. The van der Waals surface area contributed by atoms with E-state index in [9.17, 15) is 4.39 Å². The first kappa shape index (κ1) is 14.9. The molecule has 0 aromatic rings. The van der Waals surface area contributed by atoms with Crippen LogP contribution < -0.4 is 0 Å². The van der Waals surface area contributed by atoms with Gasteiger partial charge in [0.1, 0.15) is 12.2 Å². The van der Waals surface area contributed by atoms with E-state index in [0.717, 1.165) is 25.7 Å². The van der Waals surface area contributed by atoms with Gasteiger partial charge in [0.05, 0.1) is 19.8 Å². The lowest BCUT2D eigenvalue weighted by Crippen LogP contribution is -2.42. The van der Waals surface area contributed by atoms with Crippen molar-refractivity contribution in [2.24, 2.45) is 0 Å². The van der Waals surface area contributed by atoms with E-state index >= 15 is 0 Å². The van der Waals surface area contributed by atoms with E-state index in [2.05, 4.69) is 6.58 Å². The molecule has 1 N–H and O–H groups in total. The lowest BCUT2D eigenvalue weighted by Gasteiger charge is -2.33. The van der Waals surface area contributed by atoms with Crippen molar-refractivity contribution in [3.8, 4) is 0 Å². The minimum absolute atomic E-state index is 0.234. The Hall–Kier alpha value is -0.490. The number of aliphatic hydroxyl groups is 1. The van der Waals surface area contributed by atoms with Gasteiger partial charge in [-0.15, -0.1) is 6.58 Å². The minimum atomic E-state index is -1.47. The van der Waals surface area contributed by atoms with Crippen molar-refractivity contribution < 1.29 is 23.7 Å². The summed E-state index contributed by atoms with van der Waals surface area (Å²) in [6.45, 7) is 3.53. The van der Waals surface area contributed by atoms with Crippen LogP contribution in [0.4, 0.5) is 4.39 Å². The van der Waals surface area contributed by atoms with Gasteiger partial charge in [0.2, 0.25) is 0 Å². The molecule has 0 aromatic carbocycles. The van der Waals surface area contributed by atoms with Gasteiger partial charge >= 0.3 is 0 Å². The second-order valence-corrected chi connectivity index (χ2v) is 5.22. The average Bonchev–Trinajstić information content (AvgIpc) is 2.83. The number of alkyl halides is 1. The number of ether oxygens (including phenoxy) is 3. The van der Waals surface area contributed by atoms with Gasteiger partial charge in [-0.25, -0.2) is 4.39 Å². The first-order valence-corrected chi connectivity index (χ1v) is 7.00. The molecule has 2 rings (SSSR count). The molecule has 0 aromatic heterocycles. The van der Waals surface area contributed by atoms with Crippen LogP contribution in [0.15, 0.2) is 12.7 Å². The molecule has 2 fully saturated rings. The van der Waals surface area contributed by atoms with Crippen LogP contribution in [-0.2, 0) is 14.2 Å². The van der Waals surface area contributed by atoms with Crippen molar-refractivity contribution in [2.75, 3.05) is 19.8 Å². The number of aliphatic hydroxyl groups excluding tert-OH is 1. The molecule has 1 saturated heterocycles. The van der Waals surface area contributed by atoms with Gasteiger partial charge in [0, 0.05) is 12.8 Å². The summed E-state index contributed by atoms with van der Waals surface area (Å²) in [5, 5.41) is 8.99. The second-order valence-electron chi connectivity index (χ2n) is 5.22. The van der Waals surface area contributed by atoms with E-state index in [-0.39, 0.29) is 6.61 Å². The van der Waals surface area contributed by atoms with Crippen LogP contribution in [-0.4, -0.2) is 49.1 Å². The van der Waals surface area contributed by atoms with Gasteiger partial charge in [0.15, 0.2) is 12.0 Å². The van der Waals surface area contributed by atoms with Gasteiger partial charge in [-0.3, -0.25) is 0 Å². The average molecular weight is 274 g/mol. The molecule has 1 aliphatic heterocycles. The second kappa shape index (κ2) is 6.79. The number of rotatable bonds is 6. The van der Waals surface area contributed by atoms with Crippen molar-refractivity contribution in [3.05, 3.63) is 12.7 Å². The molecule has 19 heavy (non-hydrogen) atoms. The van der Waals surface area contributed by atoms with Crippen molar-refractivity contribution in [3.63, 3.8) is 0 Å². The normalized spacial score (nSPS) is 29.3. The van der Waals surface area contributed by atoms with Gasteiger partial charge in [-0.2, -0.15) is 0 Å². The summed E-state index contributed by atoms with van der Waals surface area (Å²) in [6, 6.07) is 0. The fourth-order valence-corrected chi connectivity index (χ4v) is 2.82. The maximum absolute atomic E-state index is 13.8. The van der Waals surface area contributed by atoms with E-state index in [1.54, 1.807) is 6.08 Å². The van der Waals surface area contributed by atoms with E-state index in [0.29, 0.717) is 6.61 Å². The maximum atomic E-state index is 13.8. The Bertz CT molecular complexity index is 291. The molecule has 2 aliphatic rings. The van der Waals surface area contributed by atoms with Crippen molar-refractivity contribution in [1.29, 1.82) is 0 Å². The Labute approximate surface area is 113 Å². The SMILES string of the molecule is C=CCO[C@@H]([C@H](F)CO)[C@H]1COC2(CCCCC2)O1. The molecule has 1 heterocycles. The largest absolute Gasteiger partial charge is 0.393 e. The molecule has 4 nitrogen and oxygen atoms in total. The maximum Gasteiger partial charge on any atom is 0.169 e. The standard InChI is InChI=1S/C14H23FO4/c1-2-8-17-13(11(15)9-16)12-10-18-14(19-12)6-4-3-5-7-14/h2,11-13,16H,1,3-10H2/t11-,12-,13+/m1/s1. The Kier molecular flexibility index (Phi) is 5.33. The van der Waals surface area contributed by atoms with Crippen LogP contribution in [0.25, 0.3) is 0 Å². The summed E-state index contributed by atoms with van der Waals surface area (Å²) in [7, 11) is 0. The fourth-order valence-electron chi connectivity index (χ4n) is 2.82. The Morgan fingerprint density at radius 3 is 2.79 bits per heavy atom. The molecule has 110 valence electrons. The van der Waals surface area contributed by atoms with E-state index in [4.69, 9.17) is 19.3 Å². The first-order chi connectivity index (χ1) is 9.21. The Morgan fingerprint density at radius 2 is 2.16 bits per heavy atom. The zero-order chi connectivity index (χ0) is 13.7. The molecule has 0 amide bonds. The third-order valence-corrected chi connectivity index (χ3v) is 3.80. The third-order valence-electron chi connectivity index (χ3n) is 3.80. The molecular formula is C14H23FO4. The summed E-state index contributed by atoms with van der Waals surface area (Å²) in [5.74, 6) is -0.548. The monoisotopic (exact) mass is 274 g/mol. The summed E-state index contributed by atoms with van der Waals surface area (Å²) in [5.41, 5.74) is 0. The Morgan fingerprint density at radius 1 is 1.42 bits per heavy atom. The molecule has 0 radical (unpaired) electrons. The summed E-state index contributed by atoms with van der Waals surface area (Å²) in [4.78, 5) is 0. The lowest BCUT2D eigenvalue weighted by atomic mass is 9.94. The highest BCUT2D eigenvalue weighted by molar-refractivity contribution is 4.89. The quantitative estimate of drug-likeness (QED) is 0.752. The molecule has 1 spiro atoms. The van der Waals surface area contributed by atoms with Crippen LogP contribution in [0.3, 0.4) is 0 Å². The molecule has 0 bridgehead atoms. The number of hydrogen-bond donors (Lipinski definition) is 1. The van der Waals surface area contributed by atoms with Gasteiger partial charge in [0.25, 0.3) is 0 Å². The number of halogens is 1. The predicted molar refractivity (Wildman–Crippen MR) is 68.6 cm³/mol. The van der Waals surface area contributed by atoms with E-state index in [1.807, 2.05) is 0 Å². The van der Waals surface area contributed by atoms with E-state index < -0.39 is 30.8 Å². The molecule has 5 heteroatoms. The highest BCUT2D eigenvalue weighted by atomic mass is 19.1. The smallest absolute Gasteiger partial charge is 0.169 e. The highest BCUT2D eigenvalue weighted by Crippen LogP contribution is 2.39. The van der Waals surface area contributed by atoms with Crippen LogP contribution in [0.5, 0.6) is 0 Å². The summed E-state index contributed by atoms with van der Waals surface area (Å²) in [6.07, 6.45) is 3.88. The molecular weight excluding hydrogens is 251 g/mol. The fraction of sp³-hybridized carbons (Fsp3) is 0.857. The van der Waals surface area contributed by atoms with Crippen LogP contribution in [0.1, 0.15) is 32.1 Å². The van der Waals surface area contributed by atoms with Crippen LogP contribution in [0.2, 0.25) is 0 Å². The van der Waals surface area contributed by atoms with Gasteiger partial charge in [-0.1, -0.05) is 12.5 Å². The molecule has 0 unspecified atom stereocenters. The Balaban J connectivity index is 1.96. The van der Waals surface area contributed by atoms with Crippen LogP contribution in [0, 0.1) is 0 Å². The van der Waals surface area contributed by atoms with Crippen molar-refractivity contribution in [1.82, 2.24) is 0 Å². The number of hydrogen-bond acceptors (Lipinski definition) is 4.